The Bertz CT molecular complexity index is 3020. The van der Waals surface area contributed by atoms with E-state index in [1.165, 1.54) is 44.6 Å². The molecular formula is C55H42N4. The van der Waals surface area contributed by atoms with Gasteiger partial charge < -0.3 is 14.0 Å². The van der Waals surface area contributed by atoms with Crippen LogP contribution in [0.4, 0.5) is 5.69 Å². The Kier molecular flexibility index (Phi) is 7.78. The van der Waals surface area contributed by atoms with Crippen molar-refractivity contribution in [1.82, 2.24) is 9.13 Å². The van der Waals surface area contributed by atoms with Crippen molar-refractivity contribution in [3.05, 3.63) is 197 Å². The fourth-order valence-electron chi connectivity index (χ4n) is 11.0. The molecule has 2 aromatic heterocycles. The third kappa shape index (κ3) is 4.95. The Morgan fingerprint density at radius 3 is 1.69 bits per heavy atom. The van der Waals surface area contributed by atoms with E-state index in [1.807, 2.05) is 0 Å². The number of hydrogen-bond donors (Lipinski definition) is 0. The molecule has 1 aliphatic heterocycles. The van der Waals surface area contributed by atoms with Gasteiger partial charge >= 0.3 is 0 Å². The smallest absolute Gasteiger partial charge is 0.101 e. The lowest BCUT2D eigenvalue weighted by molar-refractivity contribution is 0.658. The molecule has 0 bridgehead atoms. The molecule has 0 spiro atoms. The predicted octanol–water partition coefficient (Wildman–Crippen LogP) is 13.2. The average Bonchev–Trinajstić information content (AvgIpc) is 3.94. The number of fused-ring (bicyclic) bond motifs is 8. The zero-order valence-electron chi connectivity index (χ0n) is 32.9. The van der Waals surface area contributed by atoms with Gasteiger partial charge in [0.05, 0.1) is 39.7 Å². The van der Waals surface area contributed by atoms with Crippen LogP contribution in [0, 0.1) is 17.2 Å². The van der Waals surface area contributed by atoms with Gasteiger partial charge in [-0.15, -0.1) is 0 Å². The molecule has 0 saturated heterocycles. The molecule has 0 N–H and O–H groups in total. The van der Waals surface area contributed by atoms with Crippen LogP contribution in [0.15, 0.2) is 169 Å². The number of hydrogen-bond acceptors (Lipinski definition) is 2. The van der Waals surface area contributed by atoms with Gasteiger partial charge in [-0.25, -0.2) is 0 Å². The number of rotatable bonds is 5. The second-order valence-electron chi connectivity index (χ2n) is 16.3. The summed E-state index contributed by atoms with van der Waals surface area (Å²) in [7, 11) is 0. The average molecular weight is 759 g/mol. The summed E-state index contributed by atoms with van der Waals surface area (Å²) < 4.78 is 5.11. The van der Waals surface area contributed by atoms with Crippen LogP contribution >= 0.6 is 0 Å². The largest absolute Gasteiger partial charge is 0.331 e. The fourth-order valence-corrected chi connectivity index (χ4v) is 11.0. The molecular weight excluding hydrogens is 717 g/mol. The highest BCUT2D eigenvalue weighted by Crippen LogP contribution is 2.56. The molecule has 0 fully saturated rings. The molecule has 4 nitrogen and oxygen atoms in total. The zero-order valence-corrected chi connectivity index (χ0v) is 32.9. The molecule has 4 heteroatoms. The van der Waals surface area contributed by atoms with Gasteiger partial charge in [0.25, 0.3) is 0 Å². The molecule has 4 aliphatic carbocycles. The molecule has 0 saturated carbocycles. The first kappa shape index (κ1) is 34.0. The summed E-state index contributed by atoms with van der Waals surface area (Å²) >= 11 is 0. The maximum atomic E-state index is 12.0. The van der Waals surface area contributed by atoms with E-state index >= 15 is 0 Å². The van der Waals surface area contributed by atoms with Crippen molar-refractivity contribution < 1.29 is 0 Å². The summed E-state index contributed by atoms with van der Waals surface area (Å²) in [6, 6.07) is 42.2. The Hall–Kier alpha value is -7.09. The number of nitrogens with zero attached hydrogens (tertiary/aromatic N) is 4. The summed E-state index contributed by atoms with van der Waals surface area (Å²) in [5, 5.41) is 14.4. The Morgan fingerprint density at radius 2 is 1.07 bits per heavy atom. The summed E-state index contributed by atoms with van der Waals surface area (Å²) in [5.74, 6) is 0.232. The van der Waals surface area contributed by atoms with E-state index in [0.717, 1.165) is 88.9 Å². The molecule has 0 amide bonds. The number of anilines is 1. The first-order chi connectivity index (χ1) is 29.3. The van der Waals surface area contributed by atoms with Crippen LogP contribution in [-0.4, -0.2) is 15.2 Å². The SMILES string of the molecule is N#Cc1c(-c2ccccc2)c(N2C3=C(CCC=C3)C3C=CC=CC32)c(-n2c3ccccc3c3ccccc32)c(-n2c3c(c4c2C=CCC4)CCC=C3)c1-c1ccccc1. The Balaban J connectivity index is 1.39. The van der Waals surface area contributed by atoms with Crippen LogP contribution in [-0.2, 0) is 12.8 Å². The van der Waals surface area contributed by atoms with Crippen LogP contribution in [0.3, 0.4) is 0 Å². The number of nitriles is 1. The molecule has 282 valence electrons. The number of allylic oxidation sites excluding steroid dienone is 6. The standard InChI is InChI=1S/C55H42N4/c56-35-44-51(36-19-3-1-4-20-36)53(57-45-29-13-7-23-38(45)39-24-8-14-30-46(39)57)55(59-49-33-17-11-27-42(49)43-28-12-18-34-50(43)59)54(52(44)37-21-5-2-6-22-37)58-47-31-15-9-25-40(47)41-26-10-16-32-48(41)58/h1-7,11-23,27-34,38,45H,8-10,24-26H2. The van der Waals surface area contributed by atoms with Crippen molar-refractivity contribution in [1.29, 1.82) is 5.26 Å². The summed E-state index contributed by atoms with van der Waals surface area (Å²) in [6.45, 7) is 0. The van der Waals surface area contributed by atoms with E-state index in [4.69, 9.17) is 0 Å². The van der Waals surface area contributed by atoms with E-state index in [-0.39, 0.29) is 12.0 Å². The first-order valence-electron chi connectivity index (χ1n) is 21.2. The molecule has 12 rings (SSSR count). The highest BCUT2D eigenvalue weighted by atomic mass is 15.2. The summed E-state index contributed by atoms with van der Waals surface area (Å²) in [4.78, 5) is 2.63. The minimum Gasteiger partial charge on any atom is -0.331 e. The van der Waals surface area contributed by atoms with E-state index in [2.05, 4.69) is 190 Å². The van der Waals surface area contributed by atoms with E-state index in [1.54, 1.807) is 0 Å². The van der Waals surface area contributed by atoms with Gasteiger partial charge in [-0.2, -0.15) is 5.26 Å². The van der Waals surface area contributed by atoms with Crippen molar-refractivity contribution in [2.45, 2.75) is 44.6 Å². The second-order valence-corrected chi connectivity index (χ2v) is 16.3. The molecule has 0 radical (unpaired) electrons. The topological polar surface area (TPSA) is 36.9 Å². The van der Waals surface area contributed by atoms with Crippen LogP contribution in [0.25, 0.3) is 67.6 Å². The van der Waals surface area contributed by atoms with Crippen LogP contribution in [0.5, 0.6) is 0 Å². The van der Waals surface area contributed by atoms with Crippen LogP contribution < -0.4 is 4.90 Å². The molecule has 59 heavy (non-hydrogen) atoms. The maximum Gasteiger partial charge on any atom is 0.101 e. The lowest BCUT2D eigenvalue weighted by atomic mass is 9.85. The van der Waals surface area contributed by atoms with Crippen molar-refractivity contribution in [3.8, 4) is 39.7 Å². The van der Waals surface area contributed by atoms with E-state index < -0.39 is 0 Å². The van der Waals surface area contributed by atoms with Crippen molar-refractivity contribution in [3.63, 3.8) is 0 Å². The molecule has 2 unspecified atom stereocenters. The Morgan fingerprint density at radius 1 is 0.525 bits per heavy atom. The molecule has 5 aromatic carbocycles. The summed E-state index contributed by atoms with van der Waals surface area (Å²) in [6.07, 6.45) is 29.5. The maximum absolute atomic E-state index is 12.0. The van der Waals surface area contributed by atoms with E-state index in [0.29, 0.717) is 5.56 Å². The van der Waals surface area contributed by atoms with Crippen LogP contribution in [0.1, 0.15) is 53.8 Å². The number of para-hydroxylation sites is 2. The number of benzene rings is 5. The molecule has 3 heterocycles. The van der Waals surface area contributed by atoms with Gasteiger partial charge in [0.2, 0.25) is 0 Å². The van der Waals surface area contributed by atoms with Crippen LogP contribution in [0.2, 0.25) is 0 Å². The van der Waals surface area contributed by atoms with Gasteiger partial charge in [0.15, 0.2) is 0 Å². The second kappa shape index (κ2) is 13.5. The molecule has 2 atom stereocenters. The number of aromatic nitrogens is 2. The van der Waals surface area contributed by atoms with Gasteiger partial charge in [-0.05, 0) is 96.7 Å². The van der Waals surface area contributed by atoms with Crippen molar-refractivity contribution in [2.24, 2.45) is 5.92 Å². The Labute approximate surface area is 345 Å². The van der Waals surface area contributed by atoms with Gasteiger partial charge in [0.1, 0.15) is 6.07 Å². The third-order valence-corrected chi connectivity index (χ3v) is 13.3. The molecule has 5 aliphatic rings. The van der Waals surface area contributed by atoms with Gasteiger partial charge in [-0.3, -0.25) is 0 Å². The third-order valence-electron chi connectivity index (χ3n) is 13.3. The first-order valence-corrected chi connectivity index (χ1v) is 21.2. The fraction of sp³-hybridized carbons (Fsp3) is 0.145. The lowest BCUT2D eigenvalue weighted by Crippen LogP contribution is -2.34. The minimum absolute atomic E-state index is 0.0382. The van der Waals surface area contributed by atoms with Gasteiger partial charge in [0, 0.05) is 44.9 Å². The van der Waals surface area contributed by atoms with E-state index in [9.17, 15) is 5.26 Å². The highest BCUT2D eigenvalue weighted by molar-refractivity contribution is 6.12. The zero-order chi connectivity index (χ0) is 39.0. The minimum atomic E-state index is 0.0382. The van der Waals surface area contributed by atoms with Gasteiger partial charge in [-0.1, -0.05) is 140 Å². The monoisotopic (exact) mass is 758 g/mol. The normalized spacial score (nSPS) is 18.7. The molecule has 7 aromatic rings. The van der Waals surface area contributed by atoms with Crippen molar-refractivity contribution in [2.75, 3.05) is 4.90 Å². The highest BCUT2D eigenvalue weighted by Gasteiger charge is 2.44. The lowest BCUT2D eigenvalue weighted by Gasteiger charge is -2.37. The quantitative estimate of drug-likeness (QED) is 0.175. The summed E-state index contributed by atoms with van der Waals surface area (Å²) in [5.41, 5.74) is 18.2. The predicted molar refractivity (Wildman–Crippen MR) is 244 cm³/mol. The van der Waals surface area contributed by atoms with Crippen molar-refractivity contribution >= 4 is 39.6 Å².